The van der Waals surface area contributed by atoms with Crippen LogP contribution in [0.1, 0.15) is 13.8 Å². The zero-order chi connectivity index (χ0) is 13.7. The predicted molar refractivity (Wildman–Crippen MR) is 67.7 cm³/mol. The van der Waals surface area contributed by atoms with Gasteiger partial charge in [-0.1, -0.05) is 11.6 Å². The number of carbonyl (C=O) groups excluding carboxylic acids is 1. The first-order chi connectivity index (χ1) is 8.40. The van der Waals surface area contributed by atoms with Crippen molar-refractivity contribution in [2.45, 2.75) is 19.9 Å². The van der Waals surface area contributed by atoms with Gasteiger partial charge in [-0.3, -0.25) is 14.9 Å². The van der Waals surface area contributed by atoms with Gasteiger partial charge >= 0.3 is 5.69 Å². The van der Waals surface area contributed by atoms with E-state index in [0.29, 0.717) is 0 Å². The molecule has 1 heterocycles. The molecule has 1 amide bonds. The zero-order valence-electron chi connectivity index (χ0n) is 9.94. The molecule has 2 N–H and O–H groups in total. The highest BCUT2D eigenvalue weighted by atomic mass is 35.5. The molecule has 0 aliphatic rings. The molecule has 1 rings (SSSR count). The van der Waals surface area contributed by atoms with Crippen molar-refractivity contribution in [3.8, 4) is 0 Å². The van der Waals surface area contributed by atoms with E-state index < -0.39 is 4.92 Å². The second-order valence-electron chi connectivity index (χ2n) is 3.83. The molecule has 0 aliphatic heterocycles. The molecule has 98 valence electrons. The van der Waals surface area contributed by atoms with Gasteiger partial charge in [0.2, 0.25) is 11.7 Å². The van der Waals surface area contributed by atoms with Gasteiger partial charge in [0.25, 0.3) is 0 Å². The number of amides is 1. The van der Waals surface area contributed by atoms with Crippen LogP contribution in [0.25, 0.3) is 0 Å². The van der Waals surface area contributed by atoms with Crippen LogP contribution in [0.2, 0.25) is 5.15 Å². The maximum Gasteiger partial charge on any atom is 0.311 e. The number of anilines is 1. The minimum atomic E-state index is -0.591. The van der Waals surface area contributed by atoms with Crippen LogP contribution in [-0.2, 0) is 4.79 Å². The van der Waals surface area contributed by atoms with Crippen LogP contribution in [0.3, 0.4) is 0 Å². The average molecular weight is 273 g/mol. The lowest BCUT2D eigenvalue weighted by Crippen LogP contribution is -2.35. The van der Waals surface area contributed by atoms with E-state index >= 15 is 0 Å². The lowest BCUT2D eigenvalue weighted by molar-refractivity contribution is -0.384. The van der Waals surface area contributed by atoms with E-state index in [2.05, 4.69) is 15.6 Å². The topological polar surface area (TPSA) is 97.2 Å². The normalized spacial score (nSPS) is 10.2. The van der Waals surface area contributed by atoms with Crippen molar-refractivity contribution in [3.05, 3.63) is 27.4 Å². The van der Waals surface area contributed by atoms with Crippen molar-refractivity contribution in [3.63, 3.8) is 0 Å². The minimum Gasteiger partial charge on any atom is -0.355 e. The quantitative estimate of drug-likeness (QED) is 0.482. The number of hydrogen-bond acceptors (Lipinski definition) is 5. The molecule has 0 spiro atoms. The standard InChI is InChI=1S/C10H13ClN4O3/c1-6(2)13-9(16)5-12-10-7(15(17)18)3-4-8(11)14-10/h3-4,6H,5H2,1-2H3,(H,12,14)(H,13,16). The number of nitrogens with one attached hydrogen (secondary N) is 2. The van der Waals surface area contributed by atoms with Crippen molar-refractivity contribution in [1.29, 1.82) is 0 Å². The van der Waals surface area contributed by atoms with Crippen LogP contribution in [0, 0.1) is 10.1 Å². The first kappa shape index (κ1) is 14.2. The van der Waals surface area contributed by atoms with Gasteiger partial charge in [-0.25, -0.2) is 4.98 Å². The lowest BCUT2D eigenvalue weighted by atomic mass is 10.3. The summed E-state index contributed by atoms with van der Waals surface area (Å²) in [5.41, 5.74) is -0.225. The molecule has 1 aromatic rings. The molecule has 0 aliphatic carbocycles. The Balaban J connectivity index is 2.74. The third kappa shape index (κ3) is 4.17. The van der Waals surface area contributed by atoms with Gasteiger partial charge in [-0.05, 0) is 19.9 Å². The summed E-state index contributed by atoms with van der Waals surface area (Å²) in [6.45, 7) is 3.53. The SMILES string of the molecule is CC(C)NC(=O)CNc1nc(Cl)ccc1[N+](=O)[O-]. The minimum absolute atomic E-state index is 0.00149. The van der Waals surface area contributed by atoms with Crippen molar-refractivity contribution in [1.82, 2.24) is 10.3 Å². The van der Waals surface area contributed by atoms with Crippen LogP contribution >= 0.6 is 11.6 Å². The summed E-state index contributed by atoms with van der Waals surface area (Å²) in [4.78, 5) is 25.3. The Bertz CT molecular complexity index is 464. The van der Waals surface area contributed by atoms with Gasteiger partial charge in [0, 0.05) is 12.1 Å². The van der Waals surface area contributed by atoms with E-state index in [-0.39, 0.29) is 35.2 Å². The van der Waals surface area contributed by atoms with Crippen LogP contribution < -0.4 is 10.6 Å². The Morgan fingerprint density at radius 1 is 1.56 bits per heavy atom. The van der Waals surface area contributed by atoms with Crippen LogP contribution in [0.4, 0.5) is 11.5 Å². The van der Waals surface area contributed by atoms with E-state index in [1.165, 1.54) is 12.1 Å². The Labute approximate surface area is 109 Å². The fourth-order valence-electron chi connectivity index (χ4n) is 1.24. The molecule has 0 bridgehead atoms. The Kier molecular flexibility index (Phi) is 4.85. The van der Waals surface area contributed by atoms with Crippen molar-refractivity contribution in [2.24, 2.45) is 0 Å². The number of halogens is 1. The Morgan fingerprint density at radius 2 is 2.22 bits per heavy atom. The molecule has 7 nitrogen and oxygen atoms in total. The van der Waals surface area contributed by atoms with Crippen molar-refractivity contribution < 1.29 is 9.72 Å². The van der Waals surface area contributed by atoms with E-state index in [9.17, 15) is 14.9 Å². The van der Waals surface area contributed by atoms with E-state index in [4.69, 9.17) is 11.6 Å². The van der Waals surface area contributed by atoms with Gasteiger partial charge in [0.15, 0.2) is 0 Å². The molecule has 0 saturated heterocycles. The van der Waals surface area contributed by atoms with Crippen LogP contribution in [-0.4, -0.2) is 28.4 Å². The number of rotatable bonds is 5. The summed E-state index contributed by atoms with van der Waals surface area (Å²) in [6, 6.07) is 2.55. The summed E-state index contributed by atoms with van der Waals surface area (Å²) in [7, 11) is 0. The molecular formula is C10H13ClN4O3. The molecule has 0 radical (unpaired) electrons. The summed E-state index contributed by atoms with van der Waals surface area (Å²) in [5, 5.41) is 16.1. The monoisotopic (exact) mass is 272 g/mol. The van der Waals surface area contributed by atoms with E-state index in [1.54, 1.807) is 0 Å². The second-order valence-corrected chi connectivity index (χ2v) is 4.22. The molecule has 0 unspecified atom stereocenters. The number of nitro groups is 1. The average Bonchev–Trinajstić information content (AvgIpc) is 2.25. The number of carbonyl (C=O) groups is 1. The molecule has 18 heavy (non-hydrogen) atoms. The third-order valence-corrected chi connectivity index (χ3v) is 2.11. The second kappa shape index (κ2) is 6.15. The summed E-state index contributed by atoms with van der Waals surface area (Å²) in [5.74, 6) is -0.299. The first-order valence-corrected chi connectivity index (χ1v) is 5.62. The summed E-state index contributed by atoms with van der Waals surface area (Å²) < 4.78 is 0. The maximum atomic E-state index is 11.4. The molecular weight excluding hydrogens is 260 g/mol. The molecule has 0 aromatic carbocycles. The number of aromatic nitrogens is 1. The molecule has 1 aromatic heterocycles. The van der Waals surface area contributed by atoms with Gasteiger partial charge < -0.3 is 10.6 Å². The van der Waals surface area contributed by atoms with Gasteiger partial charge in [-0.15, -0.1) is 0 Å². The van der Waals surface area contributed by atoms with Crippen molar-refractivity contribution in [2.75, 3.05) is 11.9 Å². The summed E-state index contributed by atoms with van der Waals surface area (Å²) >= 11 is 5.65. The summed E-state index contributed by atoms with van der Waals surface area (Å²) in [6.07, 6.45) is 0. The molecule has 0 fully saturated rings. The maximum absolute atomic E-state index is 11.4. The highest BCUT2D eigenvalue weighted by molar-refractivity contribution is 6.29. The lowest BCUT2D eigenvalue weighted by Gasteiger charge is -2.09. The number of pyridine rings is 1. The highest BCUT2D eigenvalue weighted by Crippen LogP contribution is 2.23. The van der Waals surface area contributed by atoms with E-state index in [0.717, 1.165) is 0 Å². The Morgan fingerprint density at radius 3 is 2.78 bits per heavy atom. The first-order valence-electron chi connectivity index (χ1n) is 5.24. The van der Waals surface area contributed by atoms with Crippen molar-refractivity contribution >= 4 is 29.0 Å². The smallest absolute Gasteiger partial charge is 0.311 e. The third-order valence-electron chi connectivity index (χ3n) is 1.90. The fraction of sp³-hybridized carbons (Fsp3) is 0.400. The van der Waals surface area contributed by atoms with Crippen LogP contribution in [0.15, 0.2) is 12.1 Å². The van der Waals surface area contributed by atoms with Crippen LogP contribution in [0.5, 0.6) is 0 Å². The fourth-order valence-corrected chi connectivity index (χ4v) is 1.39. The molecule has 0 atom stereocenters. The zero-order valence-corrected chi connectivity index (χ0v) is 10.7. The Hall–Kier alpha value is -1.89. The van der Waals surface area contributed by atoms with Gasteiger partial charge in [-0.2, -0.15) is 0 Å². The number of nitrogens with zero attached hydrogens (tertiary/aromatic N) is 2. The van der Waals surface area contributed by atoms with Gasteiger partial charge in [0.05, 0.1) is 11.5 Å². The van der Waals surface area contributed by atoms with E-state index in [1.807, 2.05) is 13.8 Å². The highest BCUT2D eigenvalue weighted by Gasteiger charge is 2.16. The largest absolute Gasteiger partial charge is 0.355 e. The predicted octanol–water partition coefficient (Wildman–Crippen LogP) is 1.58. The molecule has 0 saturated carbocycles. The molecule has 8 heteroatoms. The number of hydrogen-bond donors (Lipinski definition) is 2. The van der Waals surface area contributed by atoms with Gasteiger partial charge in [0.1, 0.15) is 5.15 Å².